The van der Waals surface area contributed by atoms with Crippen molar-refractivity contribution in [2.75, 3.05) is 13.7 Å². The van der Waals surface area contributed by atoms with E-state index < -0.39 is 0 Å². The highest BCUT2D eigenvalue weighted by Gasteiger charge is 2.42. The Balaban J connectivity index is 1.63. The number of rotatable bonds is 5. The molecule has 0 saturated heterocycles. The molecule has 1 heterocycles. The van der Waals surface area contributed by atoms with Gasteiger partial charge < -0.3 is 15.0 Å². The molecule has 4 atom stereocenters. The zero-order chi connectivity index (χ0) is 12.5. The standard InChI is InChI=1S/C13H21N3O2/c1-17-7-10(14)6-12-15-13(16-18-12)11-5-8-2-3-9(11)4-8/h8-11H,2-7,14H2,1H3. The molecule has 100 valence electrons. The fraction of sp³-hybridized carbons (Fsp3) is 0.846. The molecule has 0 aliphatic heterocycles. The second kappa shape index (κ2) is 4.97. The van der Waals surface area contributed by atoms with E-state index >= 15 is 0 Å². The largest absolute Gasteiger partial charge is 0.383 e. The monoisotopic (exact) mass is 251 g/mol. The molecule has 4 unspecified atom stereocenters. The van der Waals surface area contributed by atoms with Gasteiger partial charge in [0.2, 0.25) is 5.89 Å². The topological polar surface area (TPSA) is 74.2 Å². The number of hydrogen-bond acceptors (Lipinski definition) is 5. The molecule has 1 aromatic rings. The maximum absolute atomic E-state index is 5.89. The van der Waals surface area contributed by atoms with E-state index in [1.165, 1.54) is 25.7 Å². The molecule has 0 spiro atoms. The number of fused-ring (bicyclic) bond motifs is 2. The van der Waals surface area contributed by atoms with Gasteiger partial charge >= 0.3 is 0 Å². The molecule has 0 amide bonds. The summed E-state index contributed by atoms with van der Waals surface area (Å²) in [6, 6.07) is -0.0664. The average Bonchev–Trinajstić information content (AvgIpc) is 3.03. The van der Waals surface area contributed by atoms with Crippen molar-refractivity contribution >= 4 is 0 Å². The molecule has 3 rings (SSSR count). The molecule has 0 aromatic carbocycles. The van der Waals surface area contributed by atoms with Crippen molar-refractivity contribution in [3.05, 3.63) is 11.7 Å². The molecular weight excluding hydrogens is 230 g/mol. The quantitative estimate of drug-likeness (QED) is 0.858. The van der Waals surface area contributed by atoms with Crippen molar-refractivity contribution in [2.45, 2.75) is 44.1 Å². The van der Waals surface area contributed by atoms with Crippen molar-refractivity contribution in [1.82, 2.24) is 10.1 Å². The normalized spacial score (nSPS) is 32.0. The first-order chi connectivity index (χ1) is 8.76. The van der Waals surface area contributed by atoms with Gasteiger partial charge in [0.25, 0.3) is 0 Å². The zero-order valence-corrected chi connectivity index (χ0v) is 10.8. The lowest BCUT2D eigenvalue weighted by molar-refractivity contribution is 0.176. The van der Waals surface area contributed by atoms with Crippen LogP contribution in [0.4, 0.5) is 0 Å². The first-order valence-corrected chi connectivity index (χ1v) is 6.83. The Hall–Kier alpha value is -0.940. The predicted octanol–water partition coefficient (Wildman–Crippen LogP) is 1.49. The lowest BCUT2D eigenvalue weighted by Gasteiger charge is -2.17. The summed E-state index contributed by atoms with van der Waals surface area (Å²) >= 11 is 0. The number of methoxy groups -OCH3 is 1. The minimum atomic E-state index is -0.0664. The molecule has 1 aromatic heterocycles. The maximum Gasteiger partial charge on any atom is 0.228 e. The summed E-state index contributed by atoms with van der Waals surface area (Å²) in [6.07, 6.45) is 5.93. The van der Waals surface area contributed by atoms with E-state index in [0.29, 0.717) is 24.8 Å². The van der Waals surface area contributed by atoms with Crippen molar-refractivity contribution in [1.29, 1.82) is 0 Å². The van der Waals surface area contributed by atoms with Crippen LogP contribution in [0.1, 0.15) is 43.3 Å². The minimum Gasteiger partial charge on any atom is -0.383 e. The first-order valence-electron chi connectivity index (χ1n) is 6.83. The van der Waals surface area contributed by atoms with Crippen LogP contribution in [0.15, 0.2) is 4.52 Å². The van der Waals surface area contributed by atoms with E-state index in [9.17, 15) is 0 Å². The molecule has 2 fully saturated rings. The lowest BCUT2D eigenvalue weighted by atomic mass is 9.88. The predicted molar refractivity (Wildman–Crippen MR) is 66.0 cm³/mol. The highest BCUT2D eigenvalue weighted by molar-refractivity contribution is 5.06. The van der Waals surface area contributed by atoms with Gasteiger partial charge in [0.05, 0.1) is 6.61 Å². The Morgan fingerprint density at radius 1 is 1.44 bits per heavy atom. The van der Waals surface area contributed by atoms with Crippen LogP contribution in [0.3, 0.4) is 0 Å². The summed E-state index contributed by atoms with van der Waals surface area (Å²) in [5.41, 5.74) is 5.89. The van der Waals surface area contributed by atoms with E-state index in [1.807, 2.05) is 0 Å². The van der Waals surface area contributed by atoms with Crippen LogP contribution >= 0.6 is 0 Å². The van der Waals surface area contributed by atoms with Crippen LogP contribution in [-0.2, 0) is 11.2 Å². The summed E-state index contributed by atoms with van der Waals surface area (Å²) < 4.78 is 10.3. The molecule has 2 aliphatic carbocycles. The zero-order valence-electron chi connectivity index (χ0n) is 10.8. The second-order valence-corrected chi connectivity index (χ2v) is 5.75. The van der Waals surface area contributed by atoms with Crippen molar-refractivity contribution in [2.24, 2.45) is 17.6 Å². The van der Waals surface area contributed by atoms with Crippen molar-refractivity contribution in [3.63, 3.8) is 0 Å². The van der Waals surface area contributed by atoms with Crippen molar-refractivity contribution in [3.8, 4) is 0 Å². The van der Waals surface area contributed by atoms with Gasteiger partial charge in [-0.15, -0.1) is 0 Å². The Kier molecular flexibility index (Phi) is 3.35. The van der Waals surface area contributed by atoms with Gasteiger partial charge in [-0.05, 0) is 31.1 Å². The fourth-order valence-corrected chi connectivity index (χ4v) is 3.56. The summed E-state index contributed by atoms with van der Waals surface area (Å²) in [7, 11) is 1.65. The third-order valence-corrected chi connectivity index (χ3v) is 4.37. The Labute approximate surface area is 107 Å². The van der Waals surface area contributed by atoms with Crippen LogP contribution in [0.2, 0.25) is 0 Å². The van der Waals surface area contributed by atoms with Gasteiger partial charge in [0.1, 0.15) is 0 Å². The van der Waals surface area contributed by atoms with Crippen LogP contribution < -0.4 is 5.73 Å². The van der Waals surface area contributed by atoms with Crippen LogP contribution in [0.5, 0.6) is 0 Å². The second-order valence-electron chi connectivity index (χ2n) is 5.75. The van der Waals surface area contributed by atoms with Gasteiger partial charge in [-0.3, -0.25) is 0 Å². The van der Waals surface area contributed by atoms with E-state index in [1.54, 1.807) is 7.11 Å². The molecule has 2 N–H and O–H groups in total. The number of nitrogens with two attached hydrogens (primary N) is 1. The lowest BCUT2D eigenvalue weighted by Crippen LogP contribution is -2.28. The number of nitrogens with zero attached hydrogens (tertiary/aromatic N) is 2. The van der Waals surface area contributed by atoms with Crippen LogP contribution in [0.25, 0.3) is 0 Å². The fourth-order valence-electron chi connectivity index (χ4n) is 3.56. The van der Waals surface area contributed by atoms with E-state index in [-0.39, 0.29) is 6.04 Å². The van der Waals surface area contributed by atoms with Gasteiger partial charge in [-0.2, -0.15) is 4.98 Å². The average molecular weight is 251 g/mol. The summed E-state index contributed by atoms with van der Waals surface area (Å²) in [5.74, 6) is 3.77. The number of aromatic nitrogens is 2. The maximum atomic E-state index is 5.89. The van der Waals surface area contributed by atoms with Gasteiger partial charge in [0, 0.05) is 25.5 Å². The Morgan fingerprint density at radius 2 is 2.33 bits per heavy atom. The molecule has 2 saturated carbocycles. The van der Waals surface area contributed by atoms with E-state index in [4.69, 9.17) is 15.0 Å². The third kappa shape index (κ3) is 2.29. The molecule has 0 radical (unpaired) electrons. The Morgan fingerprint density at radius 3 is 3.00 bits per heavy atom. The molecule has 18 heavy (non-hydrogen) atoms. The molecule has 5 heteroatoms. The molecular formula is C13H21N3O2. The van der Waals surface area contributed by atoms with E-state index in [0.717, 1.165) is 17.7 Å². The van der Waals surface area contributed by atoms with Gasteiger partial charge in [-0.25, -0.2) is 0 Å². The molecule has 5 nitrogen and oxygen atoms in total. The minimum absolute atomic E-state index is 0.0664. The molecule has 2 bridgehead atoms. The van der Waals surface area contributed by atoms with Gasteiger partial charge in [-0.1, -0.05) is 11.6 Å². The van der Waals surface area contributed by atoms with Crippen molar-refractivity contribution < 1.29 is 9.26 Å². The molecule has 2 aliphatic rings. The highest BCUT2D eigenvalue weighted by Crippen LogP contribution is 2.52. The summed E-state index contributed by atoms with van der Waals surface area (Å²) in [5, 5.41) is 4.15. The number of hydrogen-bond donors (Lipinski definition) is 1. The van der Waals surface area contributed by atoms with E-state index in [2.05, 4.69) is 10.1 Å². The highest BCUT2D eigenvalue weighted by atomic mass is 16.5. The SMILES string of the molecule is COCC(N)Cc1nc(C2CC3CCC2C3)no1. The summed E-state index contributed by atoms with van der Waals surface area (Å²) in [6.45, 7) is 0.520. The summed E-state index contributed by atoms with van der Waals surface area (Å²) in [4.78, 5) is 4.52. The first kappa shape index (κ1) is 12.1. The van der Waals surface area contributed by atoms with Crippen LogP contribution in [0, 0.1) is 11.8 Å². The van der Waals surface area contributed by atoms with Gasteiger partial charge in [0.15, 0.2) is 5.82 Å². The van der Waals surface area contributed by atoms with Crippen LogP contribution in [-0.4, -0.2) is 29.9 Å². The third-order valence-electron chi connectivity index (χ3n) is 4.37. The smallest absolute Gasteiger partial charge is 0.228 e. The Bertz CT molecular complexity index is 407. The number of ether oxygens (including phenoxy) is 1.